The third-order valence-corrected chi connectivity index (χ3v) is 6.78. The Kier molecular flexibility index (Phi) is 6.77. The van der Waals surface area contributed by atoms with Crippen molar-refractivity contribution in [3.63, 3.8) is 0 Å². The van der Waals surface area contributed by atoms with Gasteiger partial charge in [-0.3, -0.25) is 19.2 Å². The molecule has 2 aromatic rings. The molecular formula is C26H34N4O4. The van der Waals surface area contributed by atoms with Crippen molar-refractivity contribution < 1.29 is 19.1 Å². The predicted octanol–water partition coefficient (Wildman–Crippen LogP) is 3.93. The zero-order valence-corrected chi connectivity index (χ0v) is 20.5. The van der Waals surface area contributed by atoms with Gasteiger partial charge in [0.05, 0.1) is 13.2 Å². The summed E-state index contributed by atoms with van der Waals surface area (Å²) >= 11 is 0. The van der Waals surface area contributed by atoms with Crippen LogP contribution in [0.5, 0.6) is 0 Å². The number of hydrogen-bond acceptors (Lipinski definition) is 5. The first-order valence-electron chi connectivity index (χ1n) is 12.2. The highest BCUT2D eigenvalue weighted by molar-refractivity contribution is 6.12. The summed E-state index contributed by atoms with van der Waals surface area (Å²) in [5.41, 5.74) is 1.78. The van der Waals surface area contributed by atoms with E-state index in [-0.39, 0.29) is 42.4 Å². The van der Waals surface area contributed by atoms with Crippen molar-refractivity contribution in [3.8, 4) is 0 Å². The second kappa shape index (κ2) is 9.60. The van der Waals surface area contributed by atoms with Gasteiger partial charge in [-0.15, -0.1) is 0 Å². The number of carbonyl (C=O) groups excluding carboxylic acids is 3. The van der Waals surface area contributed by atoms with Crippen molar-refractivity contribution >= 4 is 23.5 Å². The summed E-state index contributed by atoms with van der Waals surface area (Å²) in [5, 5.41) is 7.57. The van der Waals surface area contributed by atoms with Crippen LogP contribution in [-0.4, -0.2) is 45.8 Å². The van der Waals surface area contributed by atoms with Crippen LogP contribution in [-0.2, 0) is 16.1 Å². The molecule has 1 atom stereocenters. The second-order valence-corrected chi connectivity index (χ2v) is 9.72. The third kappa shape index (κ3) is 4.58. The van der Waals surface area contributed by atoms with Gasteiger partial charge in [-0.1, -0.05) is 31.7 Å². The molecule has 1 saturated carbocycles. The molecule has 0 saturated heterocycles. The standard InChI is InChI=1S/C26H34N4O4/c1-5-34-24(32)21-15-22-23(31)30(20-13-17(2)12-18(3)14-20)26(4,16-29(22)28-21)25(33)27-19-10-8-6-7-9-11-19/h12-15,19H,5-11,16H2,1-4H3,(H,27,33). The van der Waals surface area contributed by atoms with E-state index in [2.05, 4.69) is 10.4 Å². The number of anilines is 1. The van der Waals surface area contributed by atoms with Crippen LogP contribution in [0.3, 0.4) is 0 Å². The Labute approximate surface area is 200 Å². The van der Waals surface area contributed by atoms with Crippen LogP contribution in [0.15, 0.2) is 24.3 Å². The van der Waals surface area contributed by atoms with Gasteiger partial charge in [-0.05, 0) is 63.8 Å². The monoisotopic (exact) mass is 466 g/mol. The number of aromatic nitrogens is 2. The van der Waals surface area contributed by atoms with Gasteiger partial charge in [-0.25, -0.2) is 4.79 Å². The van der Waals surface area contributed by atoms with E-state index < -0.39 is 11.5 Å². The fourth-order valence-corrected chi connectivity index (χ4v) is 5.14. The summed E-state index contributed by atoms with van der Waals surface area (Å²) < 4.78 is 6.55. The number of hydrogen-bond donors (Lipinski definition) is 1. The largest absolute Gasteiger partial charge is 0.461 e. The van der Waals surface area contributed by atoms with Crippen LogP contribution in [0.2, 0.25) is 0 Å². The minimum atomic E-state index is -1.21. The molecule has 2 amide bonds. The number of esters is 1. The smallest absolute Gasteiger partial charge is 0.358 e. The van der Waals surface area contributed by atoms with E-state index in [0.29, 0.717) is 5.69 Å². The van der Waals surface area contributed by atoms with E-state index in [9.17, 15) is 14.4 Å². The number of amides is 2. The third-order valence-electron chi connectivity index (χ3n) is 6.78. The molecule has 1 fully saturated rings. The molecule has 8 nitrogen and oxygen atoms in total. The Bertz CT molecular complexity index is 1080. The van der Waals surface area contributed by atoms with Crippen LogP contribution in [0.1, 0.15) is 84.5 Å². The number of aryl methyl sites for hydroxylation is 2. The molecule has 0 bridgehead atoms. The highest BCUT2D eigenvalue weighted by Gasteiger charge is 2.49. The maximum Gasteiger partial charge on any atom is 0.358 e. The first kappa shape index (κ1) is 24.0. The molecule has 1 aromatic heterocycles. The molecule has 0 radical (unpaired) electrons. The molecule has 1 aromatic carbocycles. The maximum atomic E-state index is 13.8. The van der Waals surface area contributed by atoms with Gasteiger partial charge in [0.2, 0.25) is 5.91 Å². The molecule has 2 aliphatic rings. The summed E-state index contributed by atoms with van der Waals surface area (Å²) in [6.07, 6.45) is 6.44. The first-order chi connectivity index (χ1) is 16.2. The van der Waals surface area contributed by atoms with Gasteiger partial charge in [0.25, 0.3) is 5.91 Å². The molecular weight excluding hydrogens is 432 g/mol. The van der Waals surface area contributed by atoms with Gasteiger partial charge in [0.15, 0.2) is 5.69 Å². The minimum Gasteiger partial charge on any atom is -0.461 e. The van der Waals surface area contributed by atoms with Crippen LogP contribution in [0, 0.1) is 13.8 Å². The zero-order valence-electron chi connectivity index (χ0n) is 20.5. The molecule has 34 heavy (non-hydrogen) atoms. The van der Waals surface area contributed by atoms with Gasteiger partial charge >= 0.3 is 5.97 Å². The number of fused-ring (bicyclic) bond motifs is 1. The molecule has 8 heteroatoms. The quantitative estimate of drug-likeness (QED) is 0.532. The Morgan fingerprint density at radius 1 is 1.09 bits per heavy atom. The normalized spacial score (nSPS) is 21.1. The molecule has 182 valence electrons. The molecule has 2 heterocycles. The zero-order chi connectivity index (χ0) is 24.5. The van der Waals surface area contributed by atoms with E-state index >= 15 is 0 Å². The Hall–Kier alpha value is -3.16. The van der Waals surface area contributed by atoms with Gasteiger partial charge in [-0.2, -0.15) is 5.10 Å². The van der Waals surface area contributed by atoms with E-state index in [1.54, 1.807) is 18.7 Å². The van der Waals surface area contributed by atoms with Crippen molar-refractivity contribution in [3.05, 3.63) is 46.8 Å². The maximum absolute atomic E-state index is 13.8. The second-order valence-electron chi connectivity index (χ2n) is 9.72. The summed E-state index contributed by atoms with van der Waals surface area (Å²) in [6.45, 7) is 7.79. The first-order valence-corrected chi connectivity index (χ1v) is 12.2. The fraction of sp³-hybridized carbons (Fsp3) is 0.538. The molecule has 1 aliphatic heterocycles. The Morgan fingerprint density at radius 3 is 2.35 bits per heavy atom. The van der Waals surface area contributed by atoms with Crippen molar-refractivity contribution in [2.24, 2.45) is 0 Å². The number of rotatable bonds is 5. The average molecular weight is 467 g/mol. The number of benzene rings is 1. The van der Waals surface area contributed by atoms with Crippen molar-refractivity contribution in [2.45, 2.75) is 84.3 Å². The molecule has 1 N–H and O–H groups in total. The van der Waals surface area contributed by atoms with E-state index in [1.807, 2.05) is 32.0 Å². The van der Waals surface area contributed by atoms with Crippen LogP contribution in [0.4, 0.5) is 5.69 Å². The molecule has 4 rings (SSSR count). The topological polar surface area (TPSA) is 93.5 Å². The lowest BCUT2D eigenvalue weighted by Crippen LogP contribution is -2.65. The van der Waals surface area contributed by atoms with Gasteiger partial charge in [0, 0.05) is 17.8 Å². The highest BCUT2D eigenvalue weighted by atomic mass is 16.5. The van der Waals surface area contributed by atoms with Crippen LogP contribution >= 0.6 is 0 Å². The van der Waals surface area contributed by atoms with Crippen LogP contribution < -0.4 is 10.2 Å². The van der Waals surface area contributed by atoms with Crippen LogP contribution in [0.25, 0.3) is 0 Å². The Balaban J connectivity index is 1.76. The average Bonchev–Trinajstić information content (AvgIpc) is 3.02. The number of ether oxygens (including phenoxy) is 1. The van der Waals surface area contributed by atoms with Gasteiger partial charge < -0.3 is 10.1 Å². The van der Waals surface area contributed by atoms with E-state index in [1.165, 1.54) is 23.6 Å². The van der Waals surface area contributed by atoms with Gasteiger partial charge in [0.1, 0.15) is 11.2 Å². The highest BCUT2D eigenvalue weighted by Crippen LogP contribution is 2.34. The molecule has 1 aliphatic carbocycles. The van der Waals surface area contributed by atoms with Crippen molar-refractivity contribution in [2.75, 3.05) is 11.5 Å². The Morgan fingerprint density at radius 2 is 1.74 bits per heavy atom. The van der Waals surface area contributed by atoms with Crippen molar-refractivity contribution in [1.29, 1.82) is 0 Å². The van der Waals surface area contributed by atoms with E-state index in [0.717, 1.165) is 36.8 Å². The summed E-state index contributed by atoms with van der Waals surface area (Å²) in [5.74, 6) is -1.15. The summed E-state index contributed by atoms with van der Waals surface area (Å²) in [7, 11) is 0. The predicted molar refractivity (Wildman–Crippen MR) is 129 cm³/mol. The molecule has 1 unspecified atom stereocenters. The number of nitrogens with one attached hydrogen (secondary N) is 1. The summed E-state index contributed by atoms with van der Waals surface area (Å²) in [4.78, 5) is 41.5. The fourth-order valence-electron chi connectivity index (χ4n) is 5.14. The molecule has 0 spiro atoms. The lowest BCUT2D eigenvalue weighted by molar-refractivity contribution is -0.127. The number of nitrogens with zero attached hydrogens (tertiary/aromatic N) is 3. The minimum absolute atomic E-state index is 0.0685. The van der Waals surface area contributed by atoms with E-state index in [4.69, 9.17) is 4.74 Å². The lowest BCUT2D eigenvalue weighted by atomic mass is 9.92. The lowest BCUT2D eigenvalue weighted by Gasteiger charge is -2.44. The van der Waals surface area contributed by atoms with Crippen molar-refractivity contribution in [1.82, 2.24) is 15.1 Å². The number of carbonyl (C=O) groups is 3. The SMILES string of the molecule is CCOC(=O)c1cc2n(n1)CC(C)(C(=O)NC1CCCCCC1)N(c1cc(C)cc(C)c1)C2=O. The summed E-state index contributed by atoms with van der Waals surface area (Å²) in [6, 6.07) is 7.42.